The largest absolute Gasteiger partial charge is 0.391 e. The van der Waals surface area contributed by atoms with Crippen molar-refractivity contribution in [3.63, 3.8) is 0 Å². The number of aliphatic hydroxyl groups excluding tert-OH is 1. The second-order valence-corrected chi connectivity index (χ2v) is 4.34. The highest BCUT2D eigenvalue weighted by Crippen LogP contribution is 2.27. The van der Waals surface area contributed by atoms with E-state index in [2.05, 4.69) is 17.0 Å². The third kappa shape index (κ3) is 2.39. The summed E-state index contributed by atoms with van der Waals surface area (Å²) in [5.41, 5.74) is 1.23. The summed E-state index contributed by atoms with van der Waals surface area (Å²) in [6, 6.07) is 10.5. The highest BCUT2D eigenvalue weighted by Gasteiger charge is 2.26. The summed E-state index contributed by atoms with van der Waals surface area (Å²) in [6.07, 6.45) is 2.22. The molecule has 0 aromatic heterocycles. The molecule has 1 unspecified atom stereocenters. The predicted molar refractivity (Wildman–Crippen MR) is 61.7 cm³/mol. The Kier molecular flexibility index (Phi) is 3.39. The Morgan fingerprint density at radius 3 is 2.27 bits per heavy atom. The molecule has 1 heterocycles. The first-order valence-electron chi connectivity index (χ1n) is 5.76. The number of aliphatic hydroxyl groups is 1. The lowest BCUT2D eigenvalue weighted by Gasteiger charge is -2.30. The highest BCUT2D eigenvalue weighted by atomic mass is 16.3. The van der Waals surface area contributed by atoms with Gasteiger partial charge in [-0.05, 0) is 38.4 Å². The van der Waals surface area contributed by atoms with Gasteiger partial charge in [-0.3, -0.25) is 4.90 Å². The van der Waals surface area contributed by atoms with E-state index in [0.717, 1.165) is 13.1 Å². The molecule has 1 N–H and O–H groups in total. The summed E-state index contributed by atoms with van der Waals surface area (Å²) in [7, 11) is 0. The molecule has 82 valence electrons. The minimum atomic E-state index is -0.300. The van der Waals surface area contributed by atoms with Crippen LogP contribution in [0.25, 0.3) is 0 Å². The molecule has 1 aliphatic rings. The van der Waals surface area contributed by atoms with Crippen LogP contribution in [0.3, 0.4) is 0 Å². The number of hydrogen-bond donors (Lipinski definition) is 1. The van der Waals surface area contributed by atoms with Gasteiger partial charge >= 0.3 is 0 Å². The van der Waals surface area contributed by atoms with Gasteiger partial charge in [-0.25, -0.2) is 0 Å². The summed E-state index contributed by atoms with van der Waals surface area (Å²) in [4.78, 5) is 2.39. The summed E-state index contributed by atoms with van der Waals surface area (Å²) < 4.78 is 0. The van der Waals surface area contributed by atoms with Crippen molar-refractivity contribution in [1.82, 2.24) is 4.90 Å². The Bertz CT molecular complexity index is 291. The van der Waals surface area contributed by atoms with Gasteiger partial charge in [0.15, 0.2) is 0 Å². The van der Waals surface area contributed by atoms with E-state index in [-0.39, 0.29) is 12.1 Å². The maximum absolute atomic E-state index is 9.88. The van der Waals surface area contributed by atoms with Crippen molar-refractivity contribution >= 4 is 0 Å². The van der Waals surface area contributed by atoms with E-state index in [1.165, 1.54) is 18.4 Å². The number of hydrogen-bond acceptors (Lipinski definition) is 2. The average molecular weight is 205 g/mol. The Morgan fingerprint density at radius 2 is 1.73 bits per heavy atom. The second-order valence-electron chi connectivity index (χ2n) is 4.34. The summed E-state index contributed by atoms with van der Waals surface area (Å²) in [5, 5.41) is 9.88. The zero-order valence-corrected chi connectivity index (χ0v) is 9.26. The molecular formula is C13H19NO. The molecule has 0 radical (unpaired) electrons. The van der Waals surface area contributed by atoms with Gasteiger partial charge in [-0.15, -0.1) is 0 Å². The molecule has 1 aromatic rings. The molecule has 0 saturated carbocycles. The normalized spacial score (nSPS) is 21.5. The van der Waals surface area contributed by atoms with Gasteiger partial charge in [0.05, 0.1) is 12.1 Å². The van der Waals surface area contributed by atoms with Crippen LogP contribution in [0.4, 0.5) is 0 Å². The van der Waals surface area contributed by atoms with Crippen molar-refractivity contribution in [3.8, 4) is 0 Å². The van der Waals surface area contributed by atoms with Gasteiger partial charge in [0, 0.05) is 0 Å². The lowest BCUT2D eigenvalue weighted by molar-refractivity contribution is 0.0749. The molecule has 2 rings (SSSR count). The van der Waals surface area contributed by atoms with Crippen molar-refractivity contribution in [2.24, 2.45) is 0 Å². The summed E-state index contributed by atoms with van der Waals surface area (Å²) >= 11 is 0. The molecule has 1 aromatic carbocycles. The van der Waals surface area contributed by atoms with E-state index in [4.69, 9.17) is 0 Å². The fraction of sp³-hybridized carbons (Fsp3) is 0.538. The Hall–Kier alpha value is -0.860. The van der Waals surface area contributed by atoms with E-state index in [1.807, 2.05) is 25.1 Å². The Labute approximate surface area is 91.5 Å². The summed E-state index contributed by atoms with van der Waals surface area (Å²) in [6.45, 7) is 4.12. The molecule has 1 fully saturated rings. The van der Waals surface area contributed by atoms with E-state index in [9.17, 15) is 5.11 Å². The summed E-state index contributed by atoms with van der Waals surface area (Å²) in [5.74, 6) is 0. The first-order chi connectivity index (χ1) is 7.29. The van der Waals surface area contributed by atoms with Gasteiger partial charge < -0.3 is 5.11 Å². The molecule has 0 bridgehead atoms. The molecule has 0 amide bonds. The van der Waals surface area contributed by atoms with Crippen LogP contribution in [0.1, 0.15) is 31.4 Å². The number of nitrogens with zero attached hydrogens (tertiary/aromatic N) is 1. The van der Waals surface area contributed by atoms with Gasteiger partial charge in [0.25, 0.3) is 0 Å². The quantitative estimate of drug-likeness (QED) is 0.817. The number of likely N-dealkylation sites (tertiary alicyclic amines) is 1. The average Bonchev–Trinajstić information content (AvgIpc) is 2.72. The van der Waals surface area contributed by atoms with Crippen LogP contribution in [0.2, 0.25) is 0 Å². The van der Waals surface area contributed by atoms with Gasteiger partial charge in [-0.1, -0.05) is 30.3 Å². The van der Waals surface area contributed by atoms with Gasteiger partial charge in [0.1, 0.15) is 0 Å². The van der Waals surface area contributed by atoms with E-state index >= 15 is 0 Å². The van der Waals surface area contributed by atoms with E-state index < -0.39 is 0 Å². The lowest BCUT2D eigenvalue weighted by Crippen LogP contribution is -2.33. The SMILES string of the molecule is CC(O)[C@@H](c1ccccc1)N1CCCC1. The lowest BCUT2D eigenvalue weighted by atomic mass is 10.0. The Morgan fingerprint density at radius 1 is 1.13 bits per heavy atom. The number of rotatable bonds is 3. The molecule has 15 heavy (non-hydrogen) atoms. The zero-order chi connectivity index (χ0) is 10.7. The van der Waals surface area contributed by atoms with Gasteiger partial charge in [0.2, 0.25) is 0 Å². The molecule has 1 saturated heterocycles. The standard InChI is InChI=1S/C13H19NO/c1-11(15)13(14-9-5-6-10-14)12-7-3-2-4-8-12/h2-4,7-8,11,13,15H,5-6,9-10H2,1H3/t11?,13-/m0/s1. The molecule has 0 aliphatic carbocycles. The highest BCUT2D eigenvalue weighted by molar-refractivity contribution is 5.20. The van der Waals surface area contributed by atoms with Crippen molar-refractivity contribution in [2.45, 2.75) is 31.9 Å². The molecule has 2 heteroatoms. The van der Waals surface area contributed by atoms with Crippen LogP contribution < -0.4 is 0 Å². The van der Waals surface area contributed by atoms with Crippen molar-refractivity contribution in [3.05, 3.63) is 35.9 Å². The van der Waals surface area contributed by atoms with Crippen LogP contribution in [-0.4, -0.2) is 29.2 Å². The van der Waals surface area contributed by atoms with Crippen LogP contribution in [-0.2, 0) is 0 Å². The smallest absolute Gasteiger partial charge is 0.0708 e. The van der Waals surface area contributed by atoms with Crippen LogP contribution >= 0.6 is 0 Å². The van der Waals surface area contributed by atoms with E-state index in [0.29, 0.717) is 0 Å². The minimum absolute atomic E-state index is 0.175. The van der Waals surface area contributed by atoms with Gasteiger partial charge in [-0.2, -0.15) is 0 Å². The molecule has 2 nitrogen and oxygen atoms in total. The molecule has 1 aliphatic heterocycles. The molecular weight excluding hydrogens is 186 g/mol. The zero-order valence-electron chi connectivity index (χ0n) is 9.26. The van der Waals surface area contributed by atoms with Crippen LogP contribution in [0, 0.1) is 0 Å². The van der Waals surface area contributed by atoms with E-state index in [1.54, 1.807) is 0 Å². The fourth-order valence-electron chi connectivity index (χ4n) is 2.46. The van der Waals surface area contributed by atoms with Crippen LogP contribution in [0.5, 0.6) is 0 Å². The maximum atomic E-state index is 9.88. The van der Waals surface area contributed by atoms with Crippen molar-refractivity contribution < 1.29 is 5.11 Å². The maximum Gasteiger partial charge on any atom is 0.0708 e. The van der Waals surface area contributed by atoms with Crippen LogP contribution in [0.15, 0.2) is 30.3 Å². The molecule has 0 spiro atoms. The first kappa shape index (κ1) is 10.7. The molecule has 2 atom stereocenters. The van der Waals surface area contributed by atoms with Crippen molar-refractivity contribution in [1.29, 1.82) is 0 Å². The minimum Gasteiger partial charge on any atom is -0.391 e. The topological polar surface area (TPSA) is 23.5 Å². The fourth-order valence-corrected chi connectivity index (χ4v) is 2.46. The predicted octanol–water partition coefficient (Wildman–Crippen LogP) is 2.20. The second kappa shape index (κ2) is 4.77. The third-order valence-electron chi connectivity index (χ3n) is 3.13. The number of benzene rings is 1. The van der Waals surface area contributed by atoms with Crippen molar-refractivity contribution in [2.75, 3.05) is 13.1 Å². The first-order valence-corrected chi connectivity index (χ1v) is 5.76. The third-order valence-corrected chi connectivity index (χ3v) is 3.13. The monoisotopic (exact) mass is 205 g/mol. The Balaban J connectivity index is 2.19.